The fourth-order valence-corrected chi connectivity index (χ4v) is 4.44. The number of rotatable bonds is 7. The van der Waals surface area contributed by atoms with Crippen molar-refractivity contribution in [1.82, 2.24) is 10.2 Å². The van der Waals surface area contributed by atoms with Crippen LogP contribution in [0.4, 0.5) is 0 Å². The molecular weight excluding hydrogens is 348 g/mol. The normalized spacial score (nSPS) is 18.9. The lowest BCUT2D eigenvalue weighted by atomic mass is 9.88. The molecule has 1 N–H and O–H groups in total. The van der Waals surface area contributed by atoms with Crippen LogP contribution in [0.2, 0.25) is 0 Å². The molecule has 5 heteroatoms. The second-order valence-electron chi connectivity index (χ2n) is 6.17. The first kappa shape index (κ1) is 17.4. The highest BCUT2D eigenvalue weighted by molar-refractivity contribution is 9.11. The molecule has 3 nitrogen and oxygen atoms in total. The predicted molar refractivity (Wildman–Crippen MR) is 94.3 cm³/mol. The molecule has 1 unspecified atom stereocenters. The van der Waals surface area contributed by atoms with E-state index in [1.807, 2.05) is 11.3 Å². The van der Waals surface area contributed by atoms with E-state index in [1.165, 1.54) is 15.1 Å². The molecule has 1 atom stereocenters. The van der Waals surface area contributed by atoms with Crippen molar-refractivity contribution in [2.45, 2.75) is 45.2 Å². The first-order valence-electron chi connectivity index (χ1n) is 7.84. The Hall–Kier alpha value is 0.0600. The molecule has 1 saturated heterocycles. The highest BCUT2D eigenvalue weighted by atomic mass is 79.9. The summed E-state index contributed by atoms with van der Waals surface area (Å²) in [6.07, 6.45) is 2.25. The van der Waals surface area contributed by atoms with E-state index in [2.05, 4.69) is 59.1 Å². The van der Waals surface area contributed by atoms with Gasteiger partial charge in [0.2, 0.25) is 0 Å². The summed E-state index contributed by atoms with van der Waals surface area (Å²) in [5.74, 6) is 0. The van der Waals surface area contributed by atoms with Gasteiger partial charge < -0.3 is 10.1 Å². The Kier molecular flexibility index (Phi) is 6.69. The van der Waals surface area contributed by atoms with Gasteiger partial charge in [-0.25, -0.2) is 0 Å². The van der Waals surface area contributed by atoms with Crippen molar-refractivity contribution in [2.24, 2.45) is 0 Å². The van der Waals surface area contributed by atoms with Crippen molar-refractivity contribution < 1.29 is 4.74 Å². The smallest absolute Gasteiger partial charge is 0.0701 e. The van der Waals surface area contributed by atoms with Gasteiger partial charge in [-0.15, -0.1) is 11.3 Å². The second-order valence-corrected chi connectivity index (χ2v) is 8.72. The number of thiophene rings is 1. The van der Waals surface area contributed by atoms with Crippen LogP contribution in [0.1, 0.15) is 32.1 Å². The lowest BCUT2D eigenvalue weighted by Crippen LogP contribution is -2.61. The first-order chi connectivity index (χ1) is 10.0. The largest absolute Gasteiger partial charge is 0.379 e. The van der Waals surface area contributed by atoms with Crippen molar-refractivity contribution in [3.05, 3.63) is 20.8 Å². The van der Waals surface area contributed by atoms with Crippen molar-refractivity contribution in [3.63, 3.8) is 0 Å². The monoisotopic (exact) mass is 374 g/mol. The Morgan fingerprint density at radius 1 is 1.38 bits per heavy atom. The topological polar surface area (TPSA) is 24.5 Å². The highest BCUT2D eigenvalue weighted by Crippen LogP contribution is 2.28. The zero-order valence-electron chi connectivity index (χ0n) is 13.3. The van der Waals surface area contributed by atoms with E-state index in [0.717, 1.165) is 39.3 Å². The summed E-state index contributed by atoms with van der Waals surface area (Å²) in [5, 5.41) is 3.77. The maximum atomic E-state index is 5.51. The predicted octanol–water partition coefficient (Wildman–Crippen LogP) is 3.53. The van der Waals surface area contributed by atoms with Crippen LogP contribution in [0.15, 0.2) is 15.9 Å². The third kappa shape index (κ3) is 4.76. The van der Waals surface area contributed by atoms with Gasteiger partial charge in [-0.05, 0) is 61.3 Å². The molecule has 0 radical (unpaired) electrons. The van der Waals surface area contributed by atoms with E-state index in [9.17, 15) is 0 Å². The van der Waals surface area contributed by atoms with Gasteiger partial charge in [0.1, 0.15) is 0 Å². The van der Waals surface area contributed by atoms with E-state index >= 15 is 0 Å². The minimum absolute atomic E-state index is 0.134. The summed E-state index contributed by atoms with van der Waals surface area (Å²) < 4.78 is 6.73. The van der Waals surface area contributed by atoms with Crippen molar-refractivity contribution in [3.8, 4) is 0 Å². The number of halogens is 1. The van der Waals surface area contributed by atoms with Gasteiger partial charge in [-0.2, -0.15) is 0 Å². The van der Waals surface area contributed by atoms with Crippen LogP contribution in [-0.4, -0.2) is 49.3 Å². The van der Waals surface area contributed by atoms with Crippen LogP contribution in [0.25, 0.3) is 0 Å². The molecule has 1 aliphatic heterocycles. The third-order valence-electron chi connectivity index (χ3n) is 4.35. The van der Waals surface area contributed by atoms with Crippen LogP contribution < -0.4 is 5.32 Å². The molecule has 1 aliphatic rings. The Labute approximate surface area is 141 Å². The summed E-state index contributed by atoms with van der Waals surface area (Å²) in [4.78, 5) is 4.02. The van der Waals surface area contributed by atoms with Gasteiger partial charge in [0.05, 0.1) is 17.0 Å². The fourth-order valence-electron chi connectivity index (χ4n) is 2.91. The SMILES string of the molecule is CCCNC(Cc1ccc(Br)s1)C(C)(C)N1CCOCC1. The summed E-state index contributed by atoms with van der Waals surface area (Å²) in [7, 11) is 0. The highest BCUT2D eigenvalue weighted by Gasteiger charge is 2.36. The zero-order valence-corrected chi connectivity index (χ0v) is 15.7. The lowest BCUT2D eigenvalue weighted by molar-refractivity contribution is -0.0231. The summed E-state index contributed by atoms with van der Waals surface area (Å²) in [6, 6.07) is 4.85. The van der Waals surface area contributed by atoms with Crippen LogP contribution in [-0.2, 0) is 11.2 Å². The minimum Gasteiger partial charge on any atom is -0.379 e. The lowest BCUT2D eigenvalue weighted by Gasteiger charge is -2.46. The molecule has 21 heavy (non-hydrogen) atoms. The minimum atomic E-state index is 0.134. The van der Waals surface area contributed by atoms with Crippen LogP contribution in [0.3, 0.4) is 0 Å². The first-order valence-corrected chi connectivity index (χ1v) is 9.45. The van der Waals surface area contributed by atoms with E-state index in [-0.39, 0.29) is 5.54 Å². The number of nitrogens with one attached hydrogen (secondary N) is 1. The molecule has 1 aromatic heterocycles. The van der Waals surface area contributed by atoms with Crippen LogP contribution in [0, 0.1) is 0 Å². The Morgan fingerprint density at radius 2 is 2.10 bits per heavy atom. The van der Waals surface area contributed by atoms with Crippen molar-refractivity contribution in [2.75, 3.05) is 32.8 Å². The molecule has 0 aromatic carbocycles. The fraction of sp³-hybridized carbons (Fsp3) is 0.750. The molecule has 1 fully saturated rings. The summed E-state index contributed by atoms with van der Waals surface area (Å²) in [5.41, 5.74) is 0.134. The van der Waals surface area contributed by atoms with Crippen molar-refractivity contribution >= 4 is 27.3 Å². The standard InChI is InChI=1S/C16H27BrN2OS/c1-4-7-18-14(12-13-5-6-15(17)21-13)16(2,3)19-8-10-20-11-9-19/h5-6,14,18H,4,7-12H2,1-3H3. The number of ether oxygens (including phenoxy) is 1. The van der Waals surface area contributed by atoms with Gasteiger partial charge in [-0.1, -0.05) is 6.92 Å². The maximum Gasteiger partial charge on any atom is 0.0701 e. The molecule has 120 valence electrons. The van der Waals surface area contributed by atoms with E-state index in [0.29, 0.717) is 6.04 Å². The molecule has 0 aliphatic carbocycles. The number of nitrogens with zero attached hydrogens (tertiary/aromatic N) is 1. The molecule has 0 bridgehead atoms. The second kappa shape index (κ2) is 8.06. The Morgan fingerprint density at radius 3 is 2.67 bits per heavy atom. The summed E-state index contributed by atoms with van der Waals surface area (Å²) in [6.45, 7) is 11.8. The van der Waals surface area contributed by atoms with Crippen LogP contribution in [0.5, 0.6) is 0 Å². The molecule has 2 rings (SSSR count). The average Bonchev–Trinajstić information content (AvgIpc) is 2.89. The quantitative estimate of drug-likeness (QED) is 0.789. The third-order valence-corrected chi connectivity index (χ3v) is 6.00. The molecule has 0 amide bonds. The van der Waals surface area contributed by atoms with Crippen molar-refractivity contribution in [1.29, 1.82) is 0 Å². The van der Waals surface area contributed by atoms with E-state index in [4.69, 9.17) is 4.74 Å². The van der Waals surface area contributed by atoms with Crippen LogP contribution >= 0.6 is 27.3 Å². The maximum absolute atomic E-state index is 5.51. The summed E-state index contributed by atoms with van der Waals surface area (Å²) >= 11 is 5.42. The molecule has 0 spiro atoms. The number of morpholine rings is 1. The van der Waals surface area contributed by atoms with Gasteiger partial charge in [0.25, 0.3) is 0 Å². The number of hydrogen-bond acceptors (Lipinski definition) is 4. The average molecular weight is 375 g/mol. The van der Waals surface area contributed by atoms with E-state index < -0.39 is 0 Å². The van der Waals surface area contributed by atoms with Gasteiger partial charge in [-0.3, -0.25) is 4.90 Å². The van der Waals surface area contributed by atoms with Gasteiger partial charge in [0, 0.05) is 29.5 Å². The molecule has 2 heterocycles. The zero-order chi connectivity index (χ0) is 15.3. The van der Waals surface area contributed by atoms with Gasteiger partial charge in [0.15, 0.2) is 0 Å². The molecule has 1 aromatic rings. The van der Waals surface area contributed by atoms with E-state index in [1.54, 1.807) is 0 Å². The molecular formula is C16H27BrN2OS. The Bertz CT molecular complexity index is 430. The van der Waals surface area contributed by atoms with Gasteiger partial charge >= 0.3 is 0 Å². The Balaban J connectivity index is 2.08. The molecule has 0 saturated carbocycles. The number of hydrogen-bond donors (Lipinski definition) is 1.